The topological polar surface area (TPSA) is 21.3 Å². The molecule has 0 heterocycles. The molecule has 2 unspecified atom stereocenters. The molecule has 1 N–H and O–H groups in total. The van der Waals surface area contributed by atoms with Gasteiger partial charge in [0.25, 0.3) is 0 Å². The molecule has 0 fully saturated rings. The van der Waals surface area contributed by atoms with Crippen LogP contribution in [-0.2, 0) is 0 Å². The van der Waals surface area contributed by atoms with Crippen molar-refractivity contribution < 1.29 is 9.13 Å². The number of ether oxygens (including phenoxy) is 1. The first-order valence-electron chi connectivity index (χ1n) is 7.78. The van der Waals surface area contributed by atoms with Crippen LogP contribution in [-0.4, -0.2) is 18.7 Å². The molecule has 0 aliphatic carbocycles. The highest BCUT2D eigenvalue weighted by atomic mass is 19.1. The predicted octanol–water partition coefficient (Wildman–Crippen LogP) is 4.46. The van der Waals surface area contributed by atoms with Gasteiger partial charge in [-0.25, -0.2) is 4.39 Å². The van der Waals surface area contributed by atoms with Crippen molar-refractivity contribution >= 4 is 0 Å². The van der Waals surface area contributed by atoms with Crippen molar-refractivity contribution in [2.24, 2.45) is 0 Å². The molecule has 0 spiro atoms. The lowest BCUT2D eigenvalue weighted by molar-refractivity contribution is 0.141. The second-order valence-electron chi connectivity index (χ2n) is 5.32. The summed E-state index contributed by atoms with van der Waals surface area (Å²) in [6, 6.07) is 5.07. The van der Waals surface area contributed by atoms with Gasteiger partial charge in [0.05, 0.1) is 0 Å². The van der Waals surface area contributed by atoms with Gasteiger partial charge in [-0.2, -0.15) is 0 Å². The van der Waals surface area contributed by atoms with Crippen LogP contribution >= 0.6 is 0 Å². The van der Waals surface area contributed by atoms with E-state index in [0.717, 1.165) is 43.5 Å². The van der Waals surface area contributed by atoms with Crippen LogP contribution in [0.3, 0.4) is 0 Å². The molecule has 0 saturated carbocycles. The average molecular weight is 281 g/mol. The maximum absolute atomic E-state index is 13.1. The molecule has 1 aromatic rings. The first kappa shape index (κ1) is 17.0. The Balaban J connectivity index is 2.76. The summed E-state index contributed by atoms with van der Waals surface area (Å²) in [5.74, 6) is 0.578. The lowest BCUT2D eigenvalue weighted by atomic mass is 10.0. The number of halogens is 1. The standard InChI is InChI=1S/C17H28FNO/c1-5-8-15(19-11-6-2)16(7-3)20-17-10-9-14(18)12-13(17)4/h9-10,12,15-16,19H,5-8,11H2,1-4H3. The molecule has 1 rings (SSSR count). The van der Waals surface area contributed by atoms with Crippen LogP contribution in [0.2, 0.25) is 0 Å². The van der Waals surface area contributed by atoms with Crippen LogP contribution in [0.15, 0.2) is 18.2 Å². The fraction of sp³-hybridized carbons (Fsp3) is 0.647. The number of benzene rings is 1. The van der Waals surface area contributed by atoms with E-state index in [2.05, 4.69) is 26.1 Å². The molecule has 0 saturated heterocycles. The van der Waals surface area contributed by atoms with Gasteiger partial charge in [-0.15, -0.1) is 0 Å². The quantitative estimate of drug-likeness (QED) is 0.721. The van der Waals surface area contributed by atoms with Gasteiger partial charge in [0.15, 0.2) is 0 Å². The van der Waals surface area contributed by atoms with E-state index in [4.69, 9.17) is 4.74 Å². The second kappa shape index (κ2) is 8.96. The first-order chi connectivity index (χ1) is 9.62. The Hall–Kier alpha value is -1.09. The van der Waals surface area contributed by atoms with Gasteiger partial charge in [0.1, 0.15) is 17.7 Å². The second-order valence-corrected chi connectivity index (χ2v) is 5.32. The zero-order valence-electron chi connectivity index (χ0n) is 13.2. The molecule has 2 nitrogen and oxygen atoms in total. The summed E-state index contributed by atoms with van der Waals surface area (Å²) in [6.07, 6.45) is 4.41. The Labute approximate surface area is 122 Å². The molecule has 1 aromatic carbocycles. The third-order valence-electron chi connectivity index (χ3n) is 3.52. The Morgan fingerprint density at radius 3 is 2.50 bits per heavy atom. The van der Waals surface area contributed by atoms with Gasteiger partial charge in [-0.1, -0.05) is 27.2 Å². The minimum Gasteiger partial charge on any atom is -0.489 e. The van der Waals surface area contributed by atoms with Crippen LogP contribution in [0.5, 0.6) is 5.75 Å². The van der Waals surface area contributed by atoms with Gasteiger partial charge in [0, 0.05) is 6.04 Å². The zero-order valence-corrected chi connectivity index (χ0v) is 13.2. The van der Waals surface area contributed by atoms with Gasteiger partial charge in [0.2, 0.25) is 0 Å². The molecule has 0 bridgehead atoms. The molecule has 3 heteroatoms. The number of hydrogen-bond acceptors (Lipinski definition) is 2. The maximum Gasteiger partial charge on any atom is 0.123 e. The highest BCUT2D eigenvalue weighted by Crippen LogP contribution is 2.22. The van der Waals surface area contributed by atoms with Gasteiger partial charge < -0.3 is 10.1 Å². The van der Waals surface area contributed by atoms with Crippen LogP contribution in [0.4, 0.5) is 4.39 Å². The fourth-order valence-electron chi connectivity index (χ4n) is 2.42. The minimum atomic E-state index is -0.211. The highest BCUT2D eigenvalue weighted by molar-refractivity contribution is 5.32. The molecule has 20 heavy (non-hydrogen) atoms. The number of aryl methyl sites for hydroxylation is 1. The van der Waals surface area contributed by atoms with Crippen LogP contribution in [0.25, 0.3) is 0 Å². The number of rotatable bonds is 9. The number of hydrogen-bond donors (Lipinski definition) is 1. The van der Waals surface area contributed by atoms with Crippen molar-refractivity contribution in [2.75, 3.05) is 6.54 Å². The van der Waals surface area contributed by atoms with E-state index in [1.54, 1.807) is 6.07 Å². The lowest BCUT2D eigenvalue weighted by Crippen LogP contribution is -2.43. The van der Waals surface area contributed by atoms with E-state index in [-0.39, 0.29) is 11.9 Å². The molecule has 0 amide bonds. The molecule has 0 aliphatic heterocycles. The summed E-state index contributed by atoms with van der Waals surface area (Å²) in [6.45, 7) is 9.39. The van der Waals surface area contributed by atoms with Crippen molar-refractivity contribution in [3.05, 3.63) is 29.6 Å². The summed E-state index contributed by atoms with van der Waals surface area (Å²) in [7, 11) is 0. The maximum atomic E-state index is 13.1. The Kier molecular flexibility index (Phi) is 7.60. The molecule has 0 aromatic heterocycles. The predicted molar refractivity (Wildman–Crippen MR) is 82.8 cm³/mol. The molecule has 0 radical (unpaired) electrons. The van der Waals surface area contributed by atoms with Crippen LogP contribution in [0.1, 0.15) is 52.0 Å². The lowest BCUT2D eigenvalue weighted by Gasteiger charge is -2.28. The number of nitrogens with one attached hydrogen (secondary N) is 1. The van der Waals surface area contributed by atoms with Gasteiger partial charge >= 0.3 is 0 Å². The minimum absolute atomic E-state index is 0.130. The Morgan fingerprint density at radius 1 is 1.20 bits per heavy atom. The van der Waals surface area contributed by atoms with Crippen molar-refractivity contribution in [2.45, 2.75) is 65.5 Å². The fourth-order valence-corrected chi connectivity index (χ4v) is 2.42. The third kappa shape index (κ3) is 5.12. The Morgan fingerprint density at radius 2 is 1.95 bits per heavy atom. The van der Waals surface area contributed by atoms with E-state index < -0.39 is 0 Å². The molecule has 2 atom stereocenters. The van der Waals surface area contributed by atoms with Crippen LogP contribution in [0, 0.1) is 12.7 Å². The van der Waals surface area contributed by atoms with E-state index in [0.29, 0.717) is 6.04 Å². The van der Waals surface area contributed by atoms with Crippen molar-refractivity contribution in [3.8, 4) is 5.75 Å². The van der Waals surface area contributed by atoms with E-state index in [1.165, 1.54) is 12.1 Å². The molecular weight excluding hydrogens is 253 g/mol. The van der Waals surface area contributed by atoms with Crippen molar-refractivity contribution in [1.29, 1.82) is 0 Å². The Bertz CT molecular complexity index is 395. The summed E-state index contributed by atoms with van der Waals surface area (Å²) >= 11 is 0. The third-order valence-corrected chi connectivity index (χ3v) is 3.52. The zero-order chi connectivity index (χ0) is 15.0. The summed E-state index contributed by atoms with van der Waals surface area (Å²) < 4.78 is 19.3. The van der Waals surface area contributed by atoms with E-state index in [1.807, 2.05) is 6.92 Å². The molecule has 114 valence electrons. The van der Waals surface area contributed by atoms with Crippen molar-refractivity contribution in [1.82, 2.24) is 5.32 Å². The van der Waals surface area contributed by atoms with E-state index >= 15 is 0 Å². The molecule has 0 aliphatic rings. The first-order valence-corrected chi connectivity index (χ1v) is 7.78. The van der Waals surface area contributed by atoms with Gasteiger partial charge in [-0.05, 0) is 56.5 Å². The van der Waals surface area contributed by atoms with Crippen LogP contribution < -0.4 is 10.1 Å². The SMILES string of the molecule is CCCNC(CCC)C(CC)Oc1ccc(F)cc1C. The monoisotopic (exact) mass is 281 g/mol. The molecular formula is C17H28FNO. The smallest absolute Gasteiger partial charge is 0.123 e. The van der Waals surface area contributed by atoms with Crippen molar-refractivity contribution in [3.63, 3.8) is 0 Å². The highest BCUT2D eigenvalue weighted by Gasteiger charge is 2.21. The normalized spacial score (nSPS) is 14.1. The summed E-state index contributed by atoms with van der Waals surface area (Å²) in [5.41, 5.74) is 0.856. The average Bonchev–Trinajstić information content (AvgIpc) is 2.43. The van der Waals surface area contributed by atoms with E-state index in [9.17, 15) is 4.39 Å². The summed E-state index contributed by atoms with van der Waals surface area (Å²) in [5, 5.41) is 3.57. The summed E-state index contributed by atoms with van der Waals surface area (Å²) in [4.78, 5) is 0. The van der Waals surface area contributed by atoms with Gasteiger partial charge in [-0.3, -0.25) is 0 Å². The largest absolute Gasteiger partial charge is 0.489 e.